The summed E-state index contributed by atoms with van der Waals surface area (Å²) in [5, 5.41) is 5.04. The van der Waals surface area contributed by atoms with Crippen molar-refractivity contribution in [2.24, 2.45) is 5.92 Å². The zero-order chi connectivity index (χ0) is 14.8. The monoisotopic (exact) mass is 284 g/mol. The van der Waals surface area contributed by atoms with Crippen LogP contribution in [0.4, 0.5) is 23.7 Å². The largest absolute Gasteiger partial charge is 0.416 e. The van der Waals surface area contributed by atoms with Gasteiger partial charge in [0.05, 0.1) is 5.56 Å². The topological polar surface area (TPSA) is 41.1 Å². The molecule has 1 saturated carbocycles. The zero-order valence-corrected chi connectivity index (χ0v) is 10.9. The van der Waals surface area contributed by atoms with Gasteiger partial charge < -0.3 is 10.6 Å². The van der Waals surface area contributed by atoms with E-state index in [-0.39, 0.29) is 0 Å². The number of urea groups is 1. The van der Waals surface area contributed by atoms with Crippen LogP contribution in [0.25, 0.3) is 0 Å². The van der Waals surface area contributed by atoms with Gasteiger partial charge in [0.25, 0.3) is 0 Å². The van der Waals surface area contributed by atoms with Crippen molar-refractivity contribution in [3.05, 3.63) is 41.6 Å². The van der Waals surface area contributed by atoms with Crippen molar-refractivity contribution in [2.75, 3.05) is 5.32 Å². The van der Waals surface area contributed by atoms with E-state index in [9.17, 15) is 18.0 Å². The molecule has 2 amide bonds. The maximum atomic E-state index is 12.4. The van der Waals surface area contributed by atoms with Gasteiger partial charge >= 0.3 is 12.2 Å². The smallest absolute Gasteiger partial charge is 0.314 e. The van der Waals surface area contributed by atoms with E-state index in [1.54, 1.807) is 6.20 Å². The van der Waals surface area contributed by atoms with Crippen molar-refractivity contribution < 1.29 is 18.0 Å². The number of carbonyl (C=O) groups excluding carboxylic acids is 1. The van der Waals surface area contributed by atoms with Gasteiger partial charge in [-0.15, -0.1) is 0 Å². The summed E-state index contributed by atoms with van der Waals surface area (Å²) < 4.78 is 37.1. The quantitative estimate of drug-likeness (QED) is 0.860. The Labute approximate surface area is 114 Å². The van der Waals surface area contributed by atoms with E-state index >= 15 is 0 Å². The van der Waals surface area contributed by atoms with Gasteiger partial charge in [-0.05, 0) is 49.9 Å². The van der Waals surface area contributed by atoms with Gasteiger partial charge in [-0.3, -0.25) is 0 Å². The lowest BCUT2D eigenvalue weighted by atomic mass is 10.2. The van der Waals surface area contributed by atoms with Crippen molar-refractivity contribution in [2.45, 2.75) is 25.9 Å². The number of rotatable bonds is 3. The Hall–Kier alpha value is -1.98. The van der Waals surface area contributed by atoms with Crippen LogP contribution in [0.1, 0.15) is 25.3 Å². The van der Waals surface area contributed by atoms with E-state index in [1.165, 1.54) is 12.1 Å². The summed E-state index contributed by atoms with van der Waals surface area (Å²) in [6.45, 7) is 1.94. The molecule has 0 aliphatic heterocycles. The highest BCUT2D eigenvalue weighted by molar-refractivity contribution is 5.89. The van der Waals surface area contributed by atoms with Gasteiger partial charge in [0.2, 0.25) is 0 Å². The molecule has 1 aliphatic rings. The van der Waals surface area contributed by atoms with Crippen LogP contribution in [-0.4, -0.2) is 6.03 Å². The highest BCUT2D eigenvalue weighted by Crippen LogP contribution is 2.35. The highest BCUT2D eigenvalue weighted by atomic mass is 19.4. The SMILES string of the molecule is C/C(=C\NC(=O)Nc1ccc(C(F)(F)F)cc1)C1CC1. The van der Waals surface area contributed by atoms with Gasteiger partial charge in [-0.2, -0.15) is 13.2 Å². The van der Waals surface area contributed by atoms with E-state index in [1.807, 2.05) is 6.92 Å². The van der Waals surface area contributed by atoms with Gasteiger partial charge in [0.1, 0.15) is 0 Å². The van der Waals surface area contributed by atoms with Crippen LogP contribution < -0.4 is 10.6 Å². The van der Waals surface area contributed by atoms with Crippen LogP contribution >= 0.6 is 0 Å². The van der Waals surface area contributed by atoms with Gasteiger partial charge in [-0.25, -0.2) is 4.79 Å². The second-order valence-electron chi connectivity index (χ2n) is 4.84. The van der Waals surface area contributed by atoms with E-state index in [2.05, 4.69) is 10.6 Å². The van der Waals surface area contributed by atoms with Crippen molar-refractivity contribution in [1.29, 1.82) is 0 Å². The lowest BCUT2D eigenvalue weighted by Gasteiger charge is -2.09. The predicted octanol–water partition coefficient (Wildman–Crippen LogP) is 4.14. The van der Waals surface area contributed by atoms with Crippen molar-refractivity contribution in [1.82, 2.24) is 5.32 Å². The predicted molar refractivity (Wildman–Crippen MR) is 70.1 cm³/mol. The van der Waals surface area contributed by atoms with Crippen molar-refractivity contribution in [3.63, 3.8) is 0 Å². The number of carbonyl (C=O) groups is 1. The molecule has 0 unspecified atom stereocenters. The lowest BCUT2D eigenvalue weighted by molar-refractivity contribution is -0.137. The normalized spacial score (nSPS) is 15.9. The van der Waals surface area contributed by atoms with Crippen LogP contribution in [-0.2, 0) is 6.18 Å². The Morgan fingerprint density at radius 3 is 2.35 bits per heavy atom. The third-order valence-electron chi connectivity index (χ3n) is 3.12. The molecule has 2 N–H and O–H groups in total. The molecular formula is C14H15F3N2O. The number of amides is 2. The van der Waals surface area contributed by atoms with E-state index in [0.717, 1.165) is 30.5 Å². The Morgan fingerprint density at radius 2 is 1.85 bits per heavy atom. The van der Waals surface area contributed by atoms with Crippen LogP contribution in [0.15, 0.2) is 36.0 Å². The zero-order valence-electron chi connectivity index (χ0n) is 10.9. The van der Waals surface area contributed by atoms with Crippen LogP contribution in [0.5, 0.6) is 0 Å². The lowest BCUT2D eigenvalue weighted by Crippen LogP contribution is -2.24. The maximum absolute atomic E-state index is 12.4. The summed E-state index contributed by atoms with van der Waals surface area (Å²) in [5.41, 5.74) is 0.675. The standard InChI is InChI=1S/C14H15F3N2O/c1-9(10-2-3-10)8-18-13(20)19-12-6-4-11(5-7-12)14(15,16)17/h4-8,10H,2-3H2,1H3,(H2,18,19,20)/b9-8+. The fraction of sp³-hybridized carbons (Fsp3) is 0.357. The number of hydrogen-bond donors (Lipinski definition) is 2. The van der Waals surface area contributed by atoms with E-state index < -0.39 is 17.8 Å². The summed E-state index contributed by atoms with van der Waals surface area (Å²) in [6.07, 6.45) is -0.447. The molecule has 1 aliphatic carbocycles. The Morgan fingerprint density at radius 1 is 1.25 bits per heavy atom. The number of hydrogen-bond acceptors (Lipinski definition) is 1. The minimum atomic E-state index is -4.37. The molecule has 1 aromatic rings. The number of halogens is 3. The average Bonchev–Trinajstić information content (AvgIpc) is 3.20. The molecular weight excluding hydrogens is 269 g/mol. The molecule has 108 valence electrons. The van der Waals surface area contributed by atoms with Crippen LogP contribution in [0, 0.1) is 5.92 Å². The number of benzene rings is 1. The van der Waals surface area contributed by atoms with Gasteiger partial charge in [-0.1, -0.05) is 5.57 Å². The molecule has 20 heavy (non-hydrogen) atoms. The minimum Gasteiger partial charge on any atom is -0.314 e. The molecule has 0 spiro atoms. The van der Waals surface area contributed by atoms with E-state index in [4.69, 9.17) is 0 Å². The second-order valence-corrected chi connectivity index (χ2v) is 4.84. The molecule has 0 aromatic heterocycles. The second kappa shape index (κ2) is 5.56. The first kappa shape index (κ1) is 14.4. The molecule has 0 atom stereocenters. The van der Waals surface area contributed by atoms with Crippen LogP contribution in [0.2, 0.25) is 0 Å². The van der Waals surface area contributed by atoms with Gasteiger partial charge in [0, 0.05) is 11.9 Å². The molecule has 3 nitrogen and oxygen atoms in total. The number of anilines is 1. The first-order chi connectivity index (χ1) is 9.36. The third-order valence-corrected chi connectivity index (χ3v) is 3.12. The summed E-state index contributed by atoms with van der Waals surface area (Å²) in [5.74, 6) is 0.557. The summed E-state index contributed by atoms with van der Waals surface area (Å²) in [7, 11) is 0. The first-order valence-electron chi connectivity index (χ1n) is 6.27. The molecule has 2 rings (SSSR count). The molecule has 0 bridgehead atoms. The molecule has 0 radical (unpaired) electrons. The summed E-state index contributed by atoms with van der Waals surface area (Å²) >= 11 is 0. The first-order valence-corrected chi connectivity index (χ1v) is 6.27. The van der Waals surface area contributed by atoms with Crippen molar-refractivity contribution >= 4 is 11.7 Å². The van der Waals surface area contributed by atoms with Crippen LogP contribution in [0.3, 0.4) is 0 Å². The van der Waals surface area contributed by atoms with E-state index in [0.29, 0.717) is 11.6 Å². The minimum absolute atomic E-state index is 0.313. The maximum Gasteiger partial charge on any atom is 0.416 e. The summed E-state index contributed by atoms with van der Waals surface area (Å²) in [4.78, 5) is 11.6. The number of allylic oxidation sites excluding steroid dienone is 1. The Kier molecular flexibility index (Phi) is 4.01. The fourth-order valence-corrected chi connectivity index (χ4v) is 1.75. The number of nitrogens with one attached hydrogen (secondary N) is 2. The van der Waals surface area contributed by atoms with Gasteiger partial charge in [0.15, 0.2) is 0 Å². The molecule has 1 fully saturated rings. The summed E-state index contributed by atoms with van der Waals surface area (Å²) in [6, 6.07) is 3.84. The molecule has 1 aromatic carbocycles. The molecule has 0 heterocycles. The number of alkyl halides is 3. The fourth-order valence-electron chi connectivity index (χ4n) is 1.75. The van der Waals surface area contributed by atoms with Crippen molar-refractivity contribution in [3.8, 4) is 0 Å². The Bertz CT molecular complexity index is 516. The Balaban J connectivity index is 1.89. The molecule has 0 saturated heterocycles. The average molecular weight is 284 g/mol. The molecule has 6 heteroatoms. The highest BCUT2D eigenvalue weighted by Gasteiger charge is 2.30. The third kappa shape index (κ3) is 4.01.